The SMILES string of the molecule is Cc1cn2nc(Cl)ccc2n1. The molecule has 0 aliphatic rings. The second-order valence-electron chi connectivity index (χ2n) is 2.34. The topological polar surface area (TPSA) is 30.2 Å². The van der Waals surface area contributed by atoms with E-state index < -0.39 is 0 Å². The average molecular weight is 168 g/mol. The van der Waals surface area contributed by atoms with E-state index in [1.54, 1.807) is 10.6 Å². The van der Waals surface area contributed by atoms with Gasteiger partial charge >= 0.3 is 0 Å². The molecule has 0 bridgehead atoms. The third kappa shape index (κ3) is 1.07. The van der Waals surface area contributed by atoms with Crippen molar-refractivity contribution in [3.63, 3.8) is 0 Å². The maximum atomic E-state index is 5.67. The predicted octanol–water partition coefficient (Wildman–Crippen LogP) is 1.69. The van der Waals surface area contributed by atoms with Crippen molar-refractivity contribution in [1.29, 1.82) is 0 Å². The lowest BCUT2D eigenvalue weighted by atomic mass is 10.6. The minimum atomic E-state index is 0.481. The highest BCUT2D eigenvalue weighted by Gasteiger charge is 1.97. The standard InChI is InChI=1S/C7H6ClN3/c1-5-4-11-7(9-5)3-2-6(8)10-11/h2-4H,1H3. The summed E-state index contributed by atoms with van der Waals surface area (Å²) in [7, 11) is 0. The fraction of sp³-hybridized carbons (Fsp3) is 0.143. The Morgan fingerprint density at radius 3 is 3.09 bits per heavy atom. The summed E-state index contributed by atoms with van der Waals surface area (Å²) in [4.78, 5) is 4.20. The van der Waals surface area contributed by atoms with Gasteiger partial charge in [0.05, 0.1) is 11.9 Å². The maximum Gasteiger partial charge on any atom is 0.153 e. The zero-order chi connectivity index (χ0) is 7.84. The molecule has 0 unspecified atom stereocenters. The lowest BCUT2D eigenvalue weighted by Gasteiger charge is -1.89. The predicted molar refractivity (Wildman–Crippen MR) is 42.7 cm³/mol. The third-order valence-corrected chi connectivity index (χ3v) is 1.61. The van der Waals surface area contributed by atoms with Gasteiger partial charge in [-0.2, -0.15) is 5.10 Å². The highest BCUT2D eigenvalue weighted by atomic mass is 35.5. The average Bonchev–Trinajstić information content (AvgIpc) is 2.27. The van der Waals surface area contributed by atoms with Crippen LogP contribution in [0.4, 0.5) is 0 Å². The monoisotopic (exact) mass is 167 g/mol. The number of rotatable bonds is 0. The number of fused-ring (bicyclic) bond motifs is 1. The highest BCUT2D eigenvalue weighted by molar-refractivity contribution is 6.29. The molecule has 0 radical (unpaired) electrons. The summed E-state index contributed by atoms with van der Waals surface area (Å²) in [5.41, 5.74) is 1.77. The van der Waals surface area contributed by atoms with Gasteiger partial charge in [-0.15, -0.1) is 0 Å². The van der Waals surface area contributed by atoms with E-state index in [0.717, 1.165) is 11.3 Å². The van der Waals surface area contributed by atoms with Crippen molar-refractivity contribution in [3.05, 3.63) is 29.2 Å². The molecule has 0 amide bonds. The van der Waals surface area contributed by atoms with Gasteiger partial charge in [-0.3, -0.25) is 0 Å². The van der Waals surface area contributed by atoms with Crippen LogP contribution in [0.25, 0.3) is 5.65 Å². The molecule has 56 valence electrons. The Bertz CT molecular complexity index is 393. The van der Waals surface area contributed by atoms with Crippen LogP contribution < -0.4 is 0 Å². The van der Waals surface area contributed by atoms with E-state index >= 15 is 0 Å². The second-order valence-corrected chi connectivity index (χ2v) is 2.73. The summed E-state index contributed by atoms with van der Waals surface area (Å²) in [5, 5.41) is 4.50. The number of aromatic nitrogens is 3. The summed E-state index contributed by atoms with van der Waals surface area (Å²) in [6, 6.07) is 3.56. The number of imidazole rings is 1. The molecule has 0 aliphatic heterocycles. The highest BCUT2D eigenvalue weighted by Crippen LogP contribution is 2.06. The van der Waals surface area contributed by atoms with Crippen LogP contribution in [-0.4, -0.2) is 14.6 Å². The van der Waals surface area contributed by atoms with Crippen LogP contribution in [0.2, 0.25) is 5.15 Å². The molecule has 0 saturated heterocycles. The van der Waals surface area contributed by atoms with Gasteiger partial charge in [-0.05, 0) is 19.1 Å². The van der Waals surface area contributed by atoms with E-state index in [4.69, 9.17) is 11.6 Å². The van der Waals surface area contributed by atoms with Gasteiger partial charge in [0.15, 0.2) is 5.65 Å². The Hall–Kier alpha value is -1.09. The third-order valence-electron chi connectivity index (χ3n) is 1.41. The van der Waals surface area contributed by atoms with Gasteiger partial charge in [0.25, 0.3) is 0 Å². The van der Waals surface area contributed by atoms with E-state index in [9.17, 15) is 0 Å². The Kier molecular flexibility index (Phi) is 1.32. The van der Waals surface area contributed by atoms with Crippen LogP contribution in [0, 0.1) is 6.92 Å². The quantitative estimate of drug-likeness (QED) is 0.598. The van der Waals surface area contributed by atoms with E-state index in [1.807, 2.05) is 19.2 Å². The Balaban J connectivity index is 2.82. The lowest BCUT2D eigenvalue weighted by Crippen LogP contribution is -1.88. The molecule has 2 aromatic heterocycles. The first-order valence-corrected chi connectivity index (χ1v) is 3.62. The fourth-order valence-electron chi connectivity index (χ4n) is 0.977. The Labute approximate surface area is 68.6 Å². The molecule has 2 aromatic rings. The van der Waals surface area contributed by atoms with Gasteiger partial charge in [0.2, 0.25) is 0 Å². The molecule has 2 rings (SSSR count). The molecule has 2 heterocycles. The molecule has 0 saturated carbocycles. The van der Waals surface area contributed by atoms with Gasteiger partial charge in [0.1, 0.15) is 5.15 Å². The molecule has 0 spiro atoms. The molecular formula is C7H6ClN3. The molecule has 11 heavy (non-hydrogen) atoms. The van der Waals surface area contributed by atoms with Crippen LogP contribution in [0.5, 0.6) is 0 Å². The molecule has 0 N–H and O–H groups in total. The van der Waals surface area contributed by atoms with E-state index in [1.165, 1.54) is 0 Å². The minimum absolute atomic E-state index is 0.481. The molecule has 3 nitrogen and oxygen atoms in total. The molecule has 0 fully saturated rings. The van der Waals surface area contributed by atoms with Gasteiger partial charge in [-0.25, -0.2) is 9.50 Å². The number of hydrogen-bond donors (Lipinski definition) is 0. The number of halogens is 1. The summed E-state index contributed by atoms with van der Waals surface area (Å²) >= 11 is 5.67. The van der Waals surface area contributed by atoms with Crippen LogP contribution in [0.3, 0.4) is 0 Å². The normalized spacial score (nSPS) is 10.7. The Morgan fingerprint density at radius 1 is 1.45 bits per heavy atom. The first-order valence-electron chi connectivity index (χ1n) is 3.24. The first kappa shape index (κ1) is 6.61. The van der Waals surface area contributed by atoms with Gasteiger partial charge < -0.3 is 0 Å². The van der Waals surface area contributed by atoms with Crippen molar-refractivity contribution in [3.8, 4) is 0 Å². The van der Waals surface area contributed by atoms with Crippen molar-refractivity contribution in [2.75, 3.05) is 0 Å². The van der Waals surface area contributed by atoms with E-state index in [2.05, 4.69) is 10.1 Å². The van der Waals surface area contributed by atoms with Gasteiger partial charge in [0, 0.05) is 0 Å². The smallest absolute Gasteiger partial charge is 0.153 e. The largest absolute Gasteiger partial charge is 0.232 e. The maximum absolute atomic E-state index is 5.67. The molecular weight excluding hydrogens is 162 g/mol. The van der Waals surface area contributed by atoms with Crippen LogP contribution in [0.1, 0.15) is 5.69 Å². The summed E-state index contributed by atoms with van der Waals surface area (Å²) in [6.07, 6.45) is 1.83. The van der Waals surface area contributed by atoms with Crippen LogP contribution >= 0.6 is 11.6 Å². The molecule has 4 heteroatoms. The molecule has 0 aromatic carbocycles. The van der Waals surface area contributed by atoms with Crippen molar-refractivity contribution >= 4 is 17.2 Å². The van der Waals surface area contributed by atoms with Crippen molar-refractivity contribution in [2.45, 2.75) is 6.92 Å². The number of nitrogens with zero attached hydrogens (tertiary/aromatic N) is 3. The first-order chi connectivity index (χ1) is 5.25. The van der Waals surface area contributed by atoms with Crippen molar-refractivity contribution < 1.29 is 0 Å². The van der Waals surface area contributed by atoms with Crippen LogP contribution in [0.15, 0.2) is 18.3 Å². The van der Waals surface area contributed by atoms with Gasteiger partial charge in [-0.1, -0.05) is 11.6 Å². The second kappa shape index (κ2) is 2.20. The number of aryl methyl sites for hydroxylation is 1. The zero-order valence-electron chi connectivity index (χ0n) is 5.95. The lowest BCUT2D eigenvalue weighted by molar-refractivity contribution is 0.935. The van der Waals surface area contributed by atoms with E-state index in [-0.39, 0.29) is 0 Å². The molecule has 0 atom stereocenters. The summed E-state index contributed by atoms with van der Waals surface area (Å²) in [5.74, 6) is 0. The van der Waals surface area contributed by atoms with Crippen molar-refractivity contribution in [2.24, 2.45) is 0 Å². The van der Waals surface area contributed by atoms with Crippen LogP contribution in [-0.2, 0) is 0 Å². The summed E-state index contributed by atoms with van der Waals surface area (Å²) < 4.78 is 1.66. The van der Waals surface area contributed by atoms with Crippen molar-refractivity contribution in [1.82, 2.24) is 14.6 Å². The molecule has 0 aliphatic carbocycles. The Morgan fingerprint density at radius 2 is 2.27 bits per heavy atom. The minimum Gasteiger partial charge on any atom is -0.232 e. The number of hydrogen-bond acceptors (Lipinski definition) is 2. The summed E-state index contributed by atoms with van der Waals surface area (Å²) in [6.45, 7) is 1.92. The zero-order valence-corrected chi connectivity index (χ0v) is 6.71. The fourth-order valence-corrected chi connectivity index (χ4v) is 1.12. The van der Waals surface area contributed by atoms with E-state index in [0.29, 0.717) is 5.15 Å².